The molecule has 0 atom stereocenters. The summed E-state index contributed by atoms with van der Waals surface area (Å²) in [6.07, 6.45) is 0. The molecule has 33 heavy (non-hydrogen) atoms. The Morgan fingerprint density at radius 3 is 2.00 bits per heavy atom. The van der Waals surface area contributed by atoms with Crippen molar-refractivity contribution in [3.63, 3.8) is 0 Å². The highest BCUT2D eigenvalue weighted by Crippen LogP contribution is 2.44. The van der Waals surface area contributed by atoms with E-state index in [0.29, 0.717) is 22.6 Å². The van der Waals surface area contributed by atoms with Crippen LogP contribution >= 0.6 is 11.3 Å². The van der Waals surface area contributed by atoms with Gasteiger partial charge in [0.05, 0.1) is 11.5 Å². The molecule has 2 heterocycles. The third-order valence-electron chi connectivity index (χ3n) is 5.45. The fraction of sp³-hybridized carbons (Fsp3) is 0.0385. The Labute approximate surface area is 193 Å². The van der Waals surface area contributed by atoms with Gasteiger partial charge in [-0.2, -0.15) is 0 Å². The minimum Gasteiger partial charge on any atom is -0.457 e. The van der Waals surface area contributed by atoms with Crippen molar-refractivity contribution in [2.75, 3.05) is 5.32 Å². The highest BCUT2D eigenvalue weighted by Gasteiger charge is 2.36. The van der Waals surface area contributed by atoms with Crippen LogP contribution in [0.2, 0.25) is 0 Å². The van der Waals surface area contributed by atoms with Crippen LogP contribution in [0.1, 0.15) is 27.4 Å². The molecule has 0 spiro atoms. The number of ketones is 1. The maximum atomic E-state index is 13.4. The van der Waals surface area contributed by atoms with E-state index in [2.05, 4.69) is 5.32 Å². The Bertz CT molecular complexity index is 1350. The number of carbonyl (C=O) groups excluding carboxylic acids is 3. The normalized spacial score (nSPS) is 12.2. The number of para-hydroxylation sites is 2. The number of ether oxygens (including phenoxy) is 1. The SMILES string of the molecule is NC(=O)c1cc(-c2ccccc2)sc1NC(=O)C(=O)C1c2ccccc2Oc2ccccc21. The molecule has 1 aliphatic rings. The number of fused-ring (bicyclic) bond motifs is 2. The molecule has 3 N–H and O–H groups in total. The van der Waals surface area contributed by atoms with Crippen LogP contribution in [0, 0.1) is 0 Å². The number of rotatable bonds is 5. The van der Waals surface area contributed by atoms with Crippen molar-refractivity contribution in [3.8, 4) is 21.9 Å². The number of hydrogen-bond acceptors (Lipinski definition) is 5. The molecule has 5 rings (SSSR count). The highest BCUT2D eigenvalue weighted by molar-refractivity contribution is 7.20. The Hall–Kier alpha value is -4.23. The van der Waals surface area contributed by atoms with Gasteiger partial charge < -0.3 is 15.8 Å². The van der Waals surface area contributed by atoms with E-state index in [1.165, 1.54) is 11.3 Å². The number of anilines is 1. The van der Waals surface area contributed by atoms with Gasteiger partial charge in [-0.3, -0.25) is 14.4 Å². The summed E-state index contributed by atoms with van der Waals surface area (Å²) < 4.78 is 5.92. The zero-order chi connectivity index (χ0) is 22.9. The van der Waals surface area contributed by atoms with Gasteiger partial charge in [-0.15, -0.1) is 11.3 Å². The summed E-state index contributed by atoms with van der Waals surface area (Å²) in [7, 11) is 0. The Morgan fingerprint density at radius 1 is 0.818 bits per heavy atom. The Kier molecular flexibility index (Phi) is 5.24. The zero-order valence-corrected chi connectivity index (χ0v) is 18.1. The molecular formula is C26H18N2O4S. The lowest BCUT2D eigenvalue weighted by atomic mass is 9.84. The predicted octanol–water partition coefficient (Wildman–Crippen LogP) is 4.96. The molecule has 4 aromatic rings. The molecule has 7 heteroatoms. The van der Waals surface area contributed by atoms with Crippen LogP contribution in [-0.4, -0.2) is 17.6 Å². The fourth-order valence-corrected chi connectivity index (χ4v) is 4.96. The number of benzene rings is 3. The van der Waals surface area contributed by atoms with Crippen molar-refractivity contribution in [2.45, 2.75) is 5.92 Å². The molecule has 1 aliphatic heterocycles. The van der Waals surface area contributed by atoms with Crippen molar-refractivity contribution in [1.82, 2.24) is 0 Å². The number of thiophene rings is 1. The third-order valence-corrected chi connectivity index (χ3v) is 6.55. The molecule has 6 nitrogen and oxygen atoms in total. The summed E-state index contributed by atoms with van der Waals surface area (Å²) in [4.78, 5) is 39.3. The van der Waals surface area contributed by atoms with Gasteiger partial charge in [0.25, 0.3) is 11.8 Å². The Balaban J connectivity index is 1.49. The molecule has 1 aromatic heterocycles. The fourth-order valence-electron chi connectivity index (χ4n) is 3.90. The van der Waals surface area contributed by atoms with Gasteiger partial charge in [0.15, 0.2) is 0 Å². The quantitative estimate of drug-likeness (QED) is 0.417. The first-order chi connectivity index (χ1) is 16.0. The molecule has 0 unspecified atom stereocenters. The second-order valence-corrected chi connectivity index (χ2v) is 8.57. The number of amides is 2. The molecule has 2 amide bonds. The number of nitrogens with two attached hydrogens (primary N) is 1. The lowest BCUT2D eigenvalue weighted by molar-refractivity contribution is -0.135. The van der Waals surface area contributed by atoms with E-state index in [0.717, 1.165) is 10.4 Å². The van der Waals surface area contributed by atoms with Crippen LogP contribution in [0.25, 0.3) is 10.4 Å². The van der Waals surface area contributed by atoms with Gasteiger partial charge >= 0.3 is 0 Å². The van der Waals surface area contributed by atoms with Crippen LogP contribution in [0.4, 0.5) is 5.00 Å². The molecule has 0 aliphatic carbocycles. The molecular weight excluding hydrogens is 436 g/mol. The number of primary amides is 1. The van der Waals surface area contributed by atoms with Crippen LogP contribution in [-0.2, 0) is 9.59 Å². The third kappa shape index (κ3) is 3.79. The van der Waals surface area contributed by atoms with Crippen LogP contribution in [0.5, 0.6) is 11.5 Å². The summed E-state index contributed by atoms with van der Waals surface area (Å²) in [5.41, 5.74) is 7.81. The summed E-state index contributed by atoms with van der Waals surface area (Å²) in [6.45, 7) is 0. The lowest BCUT2D eigenvalue weighted by Gasteiger charge is -2.26. The van der Waals surface area contributed by atoms with Crippen molar-refractivity contribution in [3.05, 3.63) is 102 Å². The molecule has 0 radical (unpaired) electrons. The van der Waals surface area contributed by atoms with E-state index in [-0.39, 0.29) is 10.6 Å². The minimum absolute atomic E-state index is 0.160. The summed E-state index contributed by atoms with van der Waals surface area (Å²) in [6, 6.07) is 25.3. The maximum absolute atomic E-state index is 13.4. The van der Waals surface area contributed by atoms with Crippen molar-refractivity contribution < 1.29 is 19.1 Å². The second-order valence-electron chi connectivity index (χ2n) is 7.51. The molecule has 0 saturated carbocycles. The predicted molar refractivity (Wildman–Crippen MR) is 127 cm³/mol. The van der Waals surface area contributed by atoms with E-state index in [9.17, 15) is 14.4 Å². The van der Waals surface area contributed by atoms with Gasteiger partial charge in [-0.05, 0) is 23.8 Å². The van der Waals surface area contributed by atoms with E-state index in [1.807, 2.05) is 42.5 Å². The van der Waals surface area contributed by atoms with Crippen molar-refractivity contribution >= 4 is 33.9 Å². The first-order valence-electron chi connectivity index (χ1n) is 10.2. The average molecular weight is 455 g/mol. The van der Waals surface area contributed by atoms with Gasteiger partial charge in [-0.25, -0.2) is 0 Å². The molecule has 3 aromatic carbocycles. The van der Waals surface area contributed by atoms with Gasteiger partial charge in [0.1, 0.15) is 16.5 Å². The van der Waals surface area contributed by atoms with Gasteiger partial charge in [0.2, 0.25) is 5.78 Å². The smallest absolute Gasteiger partial charge is 0.293 e. The standard InChI is InChI=1S/C26H18N2O4S/c27-24(30)18-14-21(15-8-2-1-3-9-15)33-26(18)28-25(31)23(29)22-16-10-4-6-12-19(16)32-20-13-7-5-11-17(20)22/h1-14,22H,(H2,27,30)(H,28,31). The number of Topliss-reactive ketones (excluding diaryl/α,β-unsaturated/α-hetero) is 1. The first kappa shape index (κ1) is 20.7. The number of nitrogens with one attached hydrogen (secondary N) is 1. The van der Waals surface area contributed by atoms with Crippen LogP contribution in [0.15, 0.2) is 84.9 Å². The Morgan fingerprint density at radius 2 is 1.39 bits per heavy atom. The summed E-state index contributed by atoms with van der Waals surface area (Å²) >= 11 is 1.19. The van der Waals surface area contributed by atoms with E-state index in [4.69, 9.17) is 10.5 Å². The second kappa shape index (κ2) is 8.37. The highest BCUT2D eigenvalue weighted by atomic mass is 32.1. The lowest BCUT2D eigenvalue weighted by Crippen LogP contribution is -2.31. The van der Waals surface area contributed by atoms with Crippen molar-refractivity contribution in [1.29, 1.82) is 0 Å². The minimum atomic E-state index is -0.824. The average Bonchev–Trinajstić information content (AvgIpc) is 3.26. The van der Waals surface area contributed by atoms with Crippen LogP contribution < -0.4 is 15.8 Å². The topological polar surface area (TPSA) is 98.5 Å². The molecule has 0 saturated heterocycles. The molecule has 162 valence electrons. The monoisotopic (exact) mass is 454 g/mol. The van der Waals surface area contributed by atoms with E-state index < -0.39 is 23.5 Å². The maximum Gasteiger partial charge on any atom is 0.293 e. The molecule has 0 bridgehead atoms. The van der Waals surface area contributed by atoms with Gasteiger partial charge in [-0.1, -0.05) is 66.7 Å². The number of carbonyl (C=O) groups is 3. The molecule has 0 fully saturated rings. The summed E-state index contributed by atoms with van der Waals surface area (Å²) in [5.74, 6) is -1.92. The largest absolute Gasteiger partial charge is 0.457 e. The van der Waals surface area contributed by atoms with Gasteiger partial charge in [0, 0.05) is 16.0 Å². The zero-order valence-electron chi connectivity index (χ0n) is 17.3. The first-order valence-corrected chi connectivity index (χ1v) is 11.0. The summed E-state index contributed by atoms with van der Waals surface area (Å²) in [5, 5.41) is 2.87. The van der Waals surface area contributed by atoms with E-state index >= 15 is 0 Å². The van der Waals surface area contributed by atoms with Crippen molar-refractivity contribution in [2.24, 2.45) is 5.73 Å². The van der Waals surface area contributed by atoms with E-state index in [1.54, 1.807) is 42.5 Å². The number of hydrogen-bond donors (Lipinski definition) is 2. The van der Waals surface area contributed by atoms with Crippen LogP contribution in [0.3, 0.4) is 0 Å².